The Kier molecular flexibility index (Phi) is 8.78. The second-order valence-corrected chi connectivity index (χ2v) is 6.47. The van der Waals surface area contributed by atoms with Gasteiger partial charge in [0, 0.05) is 38.2 Å². The van der Waals surface area contributed by atoms with Gasteiger partial charge in [-0.1, -0.05) is 18.2 Å². The van der Waals surface area contributed by atoms with Gasteiger partial charge >= 0.3 is 0 Å². The van der Waals surface area contributed by atoms with E-state index in [1.165, 1.54) is 0 Å². The second-order valence-electron chi connectivity index (χ2n) is 6.47. The van der Waals surface area contributed by atoms with E-state index >= 15 is 0 Å². The minimum absolute atomic E-state index is 0.111. The number of rotatable bonds is 10. The first-order valence-corrected chi connectivity index (χ1v) is 9.59. The lowest BCUT2D eigenvalue weighted by Gasteiger charge is -2.21. The number of unbranched alkanes of at least 4 members (excludes halogenated alkanes) is 1. The van der Waals surface area contributed by atoms with Crippen molar-refractivity contribution in [1.29, 1.82) is 0 Å². The molecule has 1 aromatic heterocycles. The van der Waals surface area contributed by atoms with Gasteiger partial charge in [0.2, 0.25) is 5.91 Å². The minimum Gasteiger partial charge on any atom is -0.357 e. The standard InChI is InChI=1S/C21H30N6O/c1-4-6-7-13-26(3)21(22-5-2)23-16-18-10-8-11-19(15-18)25-20(28)17-27-14-9-12-24-27/h4,8-12,14-15H,1,5-7,13,16-17H2,2-3H3,(H,22,23)(H,25,28). The Hall–Kier alpha value is -3.09. The van der Waals surface area contributed by atoms with E-state index in [4.69, 9.17) is 4.99 Å². The molecule has 2 rings (SSSR count). The number of amides is 1. The highest BCUT2D eigenvalue weighted by Crippen LogP contribution is 2.12. The largest absolute Gasteiger partial charge is 0.357 e. The molecule has 2 N–H and O–H groups in total. The van der Waals surface area contributed by atoms with E-state index in [0.29, 0.717) is 6.54 Å². The van der Waals surface area contributed by atoms with Crippen molar-refractivity contribution in [2.75, 3.05) is 25.5 Å². The van der Waals surface area contributed by atoms with Crippen LogP contribution in [0.1, 0.15) is 25.3 Å². The summed E-state index contributed by atoms with van der Waals surface area (Å²) in [6.45, 7) is 8.28. The third-order valence-corrected chi connectivity index (χ3v) is 4.09. The number of guanidine groups is 1. The first-order chi connectivity index (χ1) is 13.6. The number of hydrogen-bond acceptors (Lipinski definition) is 3. The van der Waals surface area contributed by atoms with Crippen molar-refractivity contribution < 1.29 is 4.79 Å². The summed E-state index contributed by atoms with van der Waals surface area (Å²) in [5, 5.41) is 10.3. The van der Waals surface area contributed by atoms with Crippen LogP contribution in [0.25, 0.3) is 0 Å². The third-order valence-electron chi connectivity index (χ3n) is 4.09. The van der Waals surface area contributed by atoms with Gasteiger partial charge < -0.3 is 15.5 Å². The lowest BCUT2D eigenvalue weighted by Crippen LogP contribution is -2.39. The SMILES string of the molecule is C=CCCCN(C)C(=NCc1cccc(NC(=O)Cn2cccn2)c1)NCC. The number of carbonyl (C=O) groups excluding carboxylic acids is 1. The monoisotopic (exact) mass is 382 g/mol. The molecule has 0 aliphatic carbocycles. The number of nitrogens with one attached hydrogen (secondary N) is 2. The van der Waals surface area contributed by atoms with Gasteiger partial charge in [-0.25, -0.2) is 4.99 Å². The number of carbonyl (C=O) groups is 1. The second kappa shape index (κ2) is 11.6. The van der Waals surface area contributed by atoms with Crippen molar-refractivity contribution in [1.82, 2.24) is 20.0 Å². The van der Waals surface area contributed by atoms with Crippen molar-refractivity contribution in [2.24, 2.45) is 4.99 Å². The van der Waals surface area contributed by atoms with Gasteiger partial charge in [-0.2, -0.15) is 5.10 Å². The molecular weight excluding hydrogens is 352 g/mol. The lowest BCUT2D eigenvalue weighted by atomic mass is 10.2. The first kappa shape index (κ1) is 21.2. The summed E-state index contributed by atoms with van der Waals surface area (Å²) in [6, 6.07) is 9.55. The van der Waals surface area contributed by atoms with Crippen LogP contribution in [-0.4, -0.2) is 46.7 Å². The van der Waals surface area contributed by atoms with Crippen LogP contribution in [0.4, 0.5) is 5.69 Å². The van der Waals surface area contributed by atoms with E-state index in [2.05, 4.69) is 34.1 Å². The molecule has 0 aliphatic heterocycles. The molecule has 0 atom stereocenters. The van der Waals surface area contributed by atoms with E-state index in [1.54, 1.807) is 23.1 Å². The molecular formula is C21H30N6O. The molecule has 0 radical (unpaired) electrons. The summed E-state index contributed by atoms with van der Waals surface area (Å²) in [7, 11) is 2.04. The molecule has 150 valence electrons. The summed E-state index contributed by atoms with van der Waals surface area (Å²) in [5.74, 6) is 0.763. The maximum Gasteiger partial charge on any atom is 0.246 e. The van der Waals surface area contributed by atoms with E-state index in [-0.39, 0.29) is 12.5 Å². The summed E-state index contributed by atoms with van der Waals surface area (Å²) in [4.78, 5) is 19.0. The molecule has 1 aromatic carbocycles. The van der Waals surface area contributed by atoms with E-state index in [1.807, 2.05) is 37.4 Å². The lowest BCUT2D eigenvalue weighted by molar-refractivity contribution is -0.116. The third kappa shape index (κ3) is 7.26. The number of allylic oxidation sites excluding steroid dienone is 1. The maximum absolute atomic E-state index is 12.1. The van der Waals surface area contributed by atoms with Gasteiger partial charge in [-0.05, 0) is 43.5 Å². The quantitative estimate of drug-likeness (QED) is 0.287. The topological polar surface area (TPSA) is 74.5 Å². The fraction of sp³-hybridized carbons (Fsp3) is 0.381. The number of anilines is 1. The van der Waals surface area contributed by atoms with Crippen molar-refractivity contribution in [2.45, 2.75) is 32.9 Å². The van der Waals surface area contributed by atoms with Crippen LogP contribution in [0.5, 0.6) is 0 Å². The molecule has 0 bridgehead atoms. The molecule has 1 amide bonds. The highest BCUT2D eigenvalue weighted by molar-refractivity contribution is 5.90. The summed E-state index contributed by atoms with van der Waals surface area (Å²) >= 11 is 0. The van der Waals surface area contributed by atoms with E-state index < -0.39 is 0 Å². The fourth-order valence-corrected chi connectivity index (χ4v) is 2.70. The molecule has 2 aromatic rings. The zero-order chi connectivity index (χ0) is 20.2. The Bertz CT molecular complexity index is 769. The van der Waals surface area contributed by atoms with Crippen LogP contribution in [-0.2, 0) is 17.9 Å². The smallest absolute Gasteiger partial charge is 0.246 e. The van der Waals surface area contributed by atoms with Gasteiger partial charge in [-0.3, -0.25) is 9.48 Å². The predicted molar refractivity (Wildman–Crippen MR) is 114 cm³/mol. The van der Waals surface area contributed by atoms with Crippen LogP contribution in [0, 0.1) is 0 Å². The Morgan fingerprint density at radius 3 is 2.96 bits per heavy atom. The molecule has 0 fully saturated rings. The number of nitrogens with zero attached hydrogens (tertiary/aromatic N) is 4. The Morgan fingerprint density at radius 2 is 2.25 bits per heavy atom. The molecule has 0 spiro atoms. The highest BCUT2D eigenvalue weighted by atomic mass is 16.2. The van der Waals surface area contributed by atoms with Crippen molar-refractivity contribution in [3.63, 3.8) is 0 Å². The Morgan fingerprint density at radius 1 is 1.39 bits per heavy atom. The van der Waals surface area contributed by atoms with Gasteiger partial charge in [0.25, 0.3) is 0 Å². The summed E-state index contributed by atoms with van der Waals surface area (Å²) in [6.07, 6.45) is 7.39. The Labute approximate surface area is 167 Å². The normalized spacial score (nSPS) is 11.1. The van der Waals surface area contributed by atoms with Crippen LogP contribution < -0.4 is 10.6 Å². The van der Waals surface area contributed by atoms with E-state index in [9.17, 15) is 4.79 Å². The molecule has 28 heavy (non-hydrogen) atoms. The zero-order valence-corrected chi connectivity index (χ0v) is 16.8. The predicted octanol–water partition coefficient (Wildman–Crippen LogP) is 2.89. The van der Waals surface area contributed by atoms with E-state index in [0.717, 1.165) is 43.1 Å². The molecule has 7 heteroatoms. The van der Waals surface area contributed by atoms with Gasteiger partial charge in [0.1, 0.15) is 6.54 Å². The molecule has 0 aliphatic rings. The van der Waals surface area contributed by atoms with Crippen molar-refractivity contribution in [3.8, 4) is 0 Å². The van der Waals surface area contributed by atoms with Crippen LogP contribution in [0.3, 0.4) is 0 Å². The number of hydrogen-bond donors (Lipinski definition) is 2. The summed E-state index contributed by atoms with van der Waals surface area (Å²) in [5.41, 5.74) is 1.79. The average Bonchev–Trinajstić information content (AvgIpc) is 3.18. The number of benzene rings is 1. The minimum atomic E-state index is -0.111. The van der Waals surface area contributed by atoms with Crippen LogP contribution >= 0.6 is 0 Å². The molecule has 1 heterocycles. The van der Waals surface area contributed by atoms with Crippen molar-refractivity contribution in [3.05, 3.63) is 60.9 Å². The Balaban J connectivity index is 1.96. The summed E-state index contributed by atoms with van der Waals surface area (Å²) < 4.78 is 1.59. The van der Waals surface area contributed by atoms with Crippen molar-refractivity contribution >= 4 is 17.6 Å². The number of aliphatic imine (C=N–C) groups is 1. The molecule has 0 saturated carbocycles. The van der Waals surface area contributed by atoms with Gasteiger partial charge in [0.15, 0.2) is 5.96 Å². The number of aromatic nitrogens is 2. The molecule has 7 nitrogen and oxygen atoms in total. The highest BCUT2D eigenvalue weighted by Gasteiger charge is 2.06. The maximum atomic E-state index is 12.1. The average molecular weight is 383 g/mol. The molecule has 0 saturated heterocycles. The van der Waals surface area contributed by atoms with Gasteiger partial charge in [-0.15, -0.1) is 6.58 Å². The first-order valence-electron chi connectivity index (χ1n) is 9.59. The van der Waals surface area contributed by atoms with Gasteiger partial charge in [0.05, 0.1) is 6.54 Å². The molecule has 0 unspecified atom stereocenters. The fourth-order valence-electron chi connectivity index (χ4n) is 2.70. The zero-order valence-electron chi connectivity index (χ0n) is 16.8. The van der Waals surface area contributed by atoms with Crippen LogP contribution in [0.15, 0.2) is 60.4 Å². The van der Waals surface area contributed by atoms with Crippen LogP contribution in [0.2, 0.25) is 0 Å².